The van der Waals surface area contributed by atoms with E-state index in [0.717, 1.165) is 0 Å². The summed E-state index contributed by atoms with van der Waals surface area (Å²) in [7, 11) is 0. The highest BCUT2D eigenvalue weighted by Gasteiger charge is 2.09. The molecule has 62 valence electrons. The molecule has 0 spiro atoms. The largest absolute Gasteiger partial charge is 0.506 e. The molecule has 0 aliphatic rings. The molecule has 0 fully saturated rings. The van der Waals surface area contributed by atoms with Gasteiger partial charge in [-0.3, -0.25) is 4.98 Å². The van der Waals surface area contributed by atoms with Crippen molar-refractivity contribution in [3.05, 3.63) is 24.0 Å². The number of hydrogen-bond donors (Lipinski definition) is 2. The number of pyridine rings is 1. The minimum atomic E-state index is -0.432. The van der Waals surface area contributed by atoms with Crippen LogP contribution in [0.15, 0.2) is 18.5 Å². The van der Waals surface area contributed by atoms with Crippen LogP contribution in [0.2, 0.25) is 0 Å². The lowest BCUT2D eigenvalue weighted by Crippen LogP contribution is -2.09. The molecule has 0 saturated carbocycles. The number of hydrogen-bond acceptors (Lipinski definition) is 4. The second kappa shape index (κ2) is 3.69. The smallest absolute Gasteiger partial charge is 0.138 e. The van der Waals surface area contributed by atoms with Crippen molar-refractivity contribution in [3.8, 4) is 11.8 Å². The number of nitrogens with two attached hydrogens (primary N) is 1. The van der Waals surface area contributed by atoms with Crippen molar-refractivity contribution in [1.29, 1.82) is 5.26 Å². The zero-order valence-electron chi connectivity index (χ0n) is 6.44. The number of aromatic hydroxyl groups is 1. The van der Waals surface area contributed by atoms with E-state index in [2.05, 4.69) is 4.98 Å². The number of rotatable bonds is 2. The monoisotopic (exact) mass is 163 g/mol. The molecule has 1 aromatic rings. The first-order valence-electron chi connectivity index (χ1n) is 3.51. The van der Waals surface area contributed by atoms with E-state index >= 15 is 0 Å². The fourth-order valence-corrected chi connectivity index (χ4v) is 0.919. The summed E-state index contributed by atoms with van der Waals surface area (Å²) >= 11 is 0. The molecule has 1 atom stereocenters. The second-order valence-electron chi connectivity index (χ2n) is 2.40. The van der Waals surface area contributed by atoms with Gasteiger partial charge in [-0.2, -0.15) is 5.26 Å². The Morgan fingerprint density at radius 2 is 2.50 bits per heavy atom. The summed E-state index contributed by atoms with van der Waals surface area (Å²) in [6.07, 6.45) is 3.04. The van der Waals surface area contributed by atoms with Gasteiger partial charge in [-0.25, -0.2) is 0 Å². The lowest BCUT2D eigenvalue weighted by atomic mass is 10.1. The summed E-state index contributed by atoms with van der Waals surface area (Å²) in [4.78, 5) is 3.70. The average molecular weight is 163 g/mol. The molecule has 12 heavy (non-hydrogen) atoms. The Kier molecular flexibility index (Phi) is 2.62. The van der Waals surface area contributed by atoms with Crippen molar-refractivity contribution in [3.63, 3.8) is 0 Å². The number of aromatic nitrogens is 1. The topological polar surface area (TPSA) is 82.9 Å². The summed E-state index contributed by atoms with van der Waals surface area (Å²) < 4.78 is 0. The highest BCUT2D eigenvalue weighted by atomic mass is 16.3. The minimum absolute atomic E-state index is 0.0419. The predicted octanol–water partition coefficient (Wildman–Crippen LogP) is 0.701. The lowest BCUT2D eigenvalue weighted by Gasteiger charge is -2.08. The van der Waals surface area contributed by atoms with Crippen molar-refractivity contribution in [2.24, 2.45) is 5.73 Å². The van der Waals surface area contributed by atoms with Gasteiger partial charge in [-0.1, -0.05) is 0 Å². The van der Waals surface area contributed by atoms with E-state index in [1.54, 1.807) is 6.07 Å². The summed E-state index contributed by atoms with van der Waals surface area (Å²) in [6, 6.07) is 3.11. The maximum Gasteiger partial charge on any atom is 0.138 e. The van der Waals surface area contributed by atoms with Gasteiger partial charge in [0.15, 0.2) is 0 Å². The van der Waals surface area contributed by atoms with Gasteiger partial charge in [0.1, 0.15) is 5.75 Å². The third-order valence-electron chi connectivity index (χ3n) is 1.54. The predicted molar refractivity (Wildman–Crippen MR) is 43.1 cm³/mol. The molecule has 0 amide bonds. The Labute approximate surface area is 70.3 Å². The summed E-state index contributed by atoms with van der Waals surface area (Å²) in [6.45, 7) is 0. The molecule has 0 aliphatic carbocycles. The third kappa shape index (κ3) is 1.71. The normalized spacial score (nSPS) is 12.0. The molecule has 0 aliphatic heterocycles. The van der Waals surface area contributed by atoms with E-state index in [-0.39, 0.29) is 12.2 Å². The Bertz CT molecular complexity index is 305. The molecule has 1 aromatic heterocycles. The fourth-order valence-electron chi connectivity index (χ4n) is 0.919. The van der Waals surface area contributed by atoms with Gasteiger partial charge in [0.05, 0.1) is 18.7 Å². The SMILES string of the molecule is N#CCC(N)c1ccncc1O. The van der Waals surface area contributed by atoms with E-state index in [4.69, 9.17) is 11.0 Å². The quantitative estimate of drug-likeness (QED) is 0.672. The molecule has 4 heteroatoms. The first-order chi connectivity index (χ1) is 5.75. The van der Waals surface area contributed by atoms with Crippen LogP contribution >= 0.6 is 0 Å². The highest BCUT2D eigenvalue weighted by molar-refractivity contribution is 5.31. The Morgan fingerprint density at radius 1 is 1.75 bits per heavy atom. The van der Waals surface area contributed by atoms with Crippen LogP contribution in [0.5, 0.6) is 5.75 Å². The molecule has 0 bridgehead atoms. The van der Waals surface area contributed by atoms with Gasteiger partial charge < -0.3 is 10.8 Å². The Balaban J connectivity index is 2.88. The molecule has 0 radical (unpaired) electrons. The maximum absolute atomic E-state index is 9.26. The van der Waals surface area contributed by atoms with Crippen molar-refractivity contribution in [2.45, 2.75) is 12.5 Å². The second-order valence-corrected chi connectivity index (χ2v) is 2.40. The van der Waals surface area contributed by atoms with Crippen molar-refractivity contribution in [2.75, 3.05) is 0 Å². The molecule has 1 heterocycles. The van der Waals surface area contributed by atoms with Crippen LogP contribution in [0.1, 0.15) is 18.0 Å². The van der Waals surface area contributed by atoms with Crippen LogP contribution in [-0.4, -0.2) is 10.1 Å². The molecule has 0 aromatic carbocycles. The zero-order valence-corrected chi connectivity index (χ0v) is 6.44. The highest BCUT2D eigenvalue weighted by Crippen LogP contribution is 2.22. The van der Waals surface area contributed by atoms with Gasteiger partial charge in [0.2, 0.25) is 0 Å². The number of nitrogens with zero attached hydrogens (tertiary/aromatic N) is 2. The molecule has 3 N–H and O–H groups in total. The van der Waals surface area contributed by atoms with Crippen LogP contribution in [0.4, 0.5) is 0 Å². The molecule has 0 saturated heterocycles. The summed E-state index contributed by atoms with van der Waals surface area (Å²) in [5, 5.41) is 17.6. The van der Waals surface area contributed by atoms with Crippen LogP contribution in [0.3, 0.4) is 0 Å². The zero-order chi connectivity index (χ0) is 8.97. The van der Waals surface area contributed by atoms with Crippen molar-refractivity contribution < 1.29 is 5.11 Å². The molecular weight excluding hydrogens is 154 g/mol. The molecule has 1 unspecified atom stereocenters. The molecule has 4 nitrogen and oxygen atoms in total. The summed E-state index contributed by atoms with van der Waals surface area (Å²) in [5.74, 6) is 0.0419. The minimum Gasteiger partial charge on any atom is -0.506 e. The Hall–Kier alpha value is -1.60. The Morgan fingerprint density at radius 3 is 3.08 bits per heavy atom. The summed E-state index contributed by atoms with van der Waals surface area (Å²) in [5.41, 5.74) is 6.16. The standard InChI is InChI=1S/C8H9N3O/c9-3-1-7(10)6-2-4-11-5-8(6)12/h2,4-5,7,12H,1,10H2. The maximum atomic E-state index is 9.26. The van der Waals surface area contributed by atoms with Gasteiger partial charge in [-0.05, 0) is 6.07 Å². The van der Waals surface area contributed by atoms with Crippen LogP contribution in [-0.2, 0) is 0 Å². The van der Waals surface area contributed by atoms with Crippen LogP contribution < -0.4 is 5.73 Å². The first kappa shape index (κ1) is 8.50. The lowest BCUT2D eigenvalue weighted by molar-refractivity contribution is 0.459. The third-order valence-corrected chi connectivity index (χ3v) is 1.54. The van der Waals surface area contributed by atoms with E-state index < -0.39 is 6.04 Å². The van der Waals surface area contributed by atoms with Crippen molar-refractivity contribution >= 4 is 0 Å². The van der Waals surface area contributed by atoms with E-state index in [0.29, 0.717) is 5.56 Å². The van der Waals surface area contributed by atoms with Crippen molar-refractivity contribution in [1.82, 2.24) is 4.98 Å². The van der Waals surface area contributed by atoms with E-state index in [1.165, 1.54) is 12.4 Å². The number of nitriles is 1. The van der Waals surface area contributed by atoms with Gasteiger partial charge in [0.25, 0.3) is 0 Å². The fraction of sp³-hybridized carbons (Fsp3) is 0.250. The van der Waals surface area contributed by atoms with Gasteiger partial charge in [0, 0.05) is 17.8 Å². The van der Waals surface area contributed by atoms with E-state index in [9.17, 15) is 5.11 Å². The van der Waals surface area contributed by atoms with Gasteiger partial charge >= 0.3 is 0 Å². The van der Waals surface area contributed by atoms with Gasteiger partial charge in [-0.15, -0.1) is 0 Å². The first-order valence-corrected chi connectivity index (χ1v) is 3.51. The van der Waals surface area contributed by atoms with E-state index in [1.807, 2.05) is 6.07 Å². The van der Waals surface area contributed by atoms with Crippen LogP contribution in [0, 0.1) is 11.3 Å². The van der Waals surface area contributed by atoms with Crippen LogP contribution in [0.25, 0.3) is 0 Å². The molecule has 1 rings (SSSR count). The molecular formula is C8H9N3O. The average Bonchev–Trinajstić information content (AvgIpc) is 2.05.